The molecule has 0 saturated carbocycles. The second-order valence-corrected chi connectivity index (χ2v) is 7.54. The first-order valence-electron chi connectivity index (χ1n) is 6.57. The largest absolute Gasteiger partial charge is 0.244 e. The number of nitrogens with zero attached hydrogens (tertiary/aromatic N) is 5. The van der Waals surface area contributed by atoms with Gasteiger partial charge in [0.2, 0.25) is 15.8 Å². The molecule has 0 aliphatic rings. The standard InChI is InChI=1S/C13H18N6O2S/c1-13(2,3)12(15-18-22(4,20)21)19-16-11(14-17-19)10-8-6-5-7-9-10/h5-9,18H,1-4H3. The van der Waals surface area contributed by atoms with Gasteiger partial charge in [0.1, 0.15) is 0 Å². The molecule has 0 amide bonds. The number of sulfonamides is 1. The zero-order valence-corrected chi connectivity index (χ0v) is 13.7. The maximum Gasteiger partial charge on any atom is 0.244 e. The van der Waals surface area contributed by atoms with Gasteiger partial charge in [-0.3, -0.25) is 0 Å². The van der Waals surface area contributed by atoms with Crippen LogP contribution in [0.3, 0.4) is 0 Å². The maximum absolute atomic E-state index is 11.2. The molecular weight excluding hydrogens is 304 g/mol. The number of nitrogens with one attached hydrogen (secondary N) is 1. The summed E-state index contributed by atoms with van der Waals surface area (Å²) in [5.41, 5.74) is 0.338. The lowest BCUT2D eigenvalue weighted by Gasteiger charge is -2.19. The van der Waals surface area contributed by atoms with Crippen LogP contribution in [0, 0.1) is 5.41 Å². The van der Waals surface area contributed by atoms with Crippen LogP contribution >= 0.6 is 0 Å². The van der Waals surface area contributed by atoms with Crippen molar-refractivity contribution in [2.75, 3.05) is 6.26 Å². The highest BCUT2D eigenvalue weighted by Crippen LogP contribution is 2.18. The first kappa shape index (κ1) is 16.1. The molecule has 8 nitrogen and oxygen atoms in total. The van der Waals surface area contributed by atoms with Crippen LogP contribution in [0.4, 0.5) is 0 Å². The van der Waals surface area contributed by atoms with Crippen LogP contribution in [0.15, 0.2) is 35.4 Å². The van der Waals surface area contributed by atoms with E-state index in [1.807, 2.05) is 51.1 Å². The number of hydrogen-bond acceptors (Lipinski definition) is 6. The average molecular weight is 322 g/mol. The van der Waals surface area contributed by atoms with Crippen LogP contribution < -0.4 is 4.83 Å². The molecule has 0 saturated heterocycles. The zero-order chi connectivity index (χ0) is 16.4. The molecule has 1 N–H and O–H groups in total. The SMILES string of the molecule is CC(C)(C)C(=NNS(C)(=O)=O)n1nnc(-c2ccccc2)n1. The lowest BCUT2D eigenvalue weighted by Crippen LogP contribution is -2.33. The molecule has 1 aromatic carbocycles. The Labute approximate surface area is 129 Å². The summed E-state index contributed by atoms with van der Waals surface area (Å²) in [5.74, 6) is 0.782. The van der Waals surface area contributed by atoms with Gasteiger partial charge in [-0.15, -0.1) is 20.1 Å². The number of benzene rings is 1. The van der Waals surface area contributed by atoms with E-state index in [0.29, 0.717) is 11.7 Å². The molecular formula is C13H18N6O2S. The molecule has 2 rings (SSSR count). The molecule has 1 heterocycles. The number of rotatable bonds is 3. The molecule has 22 heavy (non-hydrogen) atoms. The van der Waals surface area contributed by atoms with Crippen molar-refractivity contribution in [3.63, 3.8) is 0 Å². The Bertz CT molecular complexity index is 774. The first-order chi connectivity index (χ1) is 10.2. The molecule has 0 fully saturated rings. The van der Waals surface area contributed by atoms with Crippen LogP contribution in [0.5, 0.6) is 0 Å². The van der Waals surface area contributed by atoms with E-state index in [2.05, 4.69) is 25.3 Å². The Morgan fingerprint density at radius 2 is 1.86 bits per heavy atom. The van der Waals surface area contributed by atoms with Gasteiger partial charge in [0, 0.05) is 11.0 Å². The summed E-state index contributed by atoms with van der Waals surface area (Å²) >= 11 is 0. The van der Waals surface area contributed by atoms with Gasteiger partial charge < -0.3 is 0 Å². The second-order valence-electron chi connectivity index (χ2n) is 5.82. The van der Waals surface area contributed by atoms with E-state index in [4.69, 9.17) is 0 Å². The fourth-order valence-electron chi connectivity index (χ4n) is 1.65. The van der Waals surface area contributed by atoms with Gasteiger partial charge in [-0.25, -0.2) is 13.2 Å². The molecule has 0 bridgehead atoms. The Morgan fingerprint density at radius 3 is 2.41 bits per heavy atom. The summed E-state index contributed by atoms with van der Waals surface area (Å²) in [6.45, 7) is 5.63. The molecule has 0 unspecified atom stereocenters. The Kier molecular flexibility index (Phi) is 4.27. The van der Waals surface area contributed by atoms with Gasteiger partial charge in [-0.05, 0) is 5.21 Å². The second kappa shape index (κ2) is 5.84. The van der Waals surface area contributed by atoms with Gasteiger partial charge in [0.25, 0.3) is 0 Å². The molecule has 118 valence electrons. The Balaban J connectivity index is 2.40. The van der Waals surface area contributed by atoms with Crippen molar-refractivity contribution >= 4 is 15.9 Å². The third kappa shape index (κ3) is 4.10. The highest BCUT2D eigenvalue weighted by molar-refractivity contribution is 7.88. The van der Waals surface area contributed by atoms with Crippen LogP contribution in [0.1, 0.15) is 20.8 Å². The van der Waals surface area contributed by atoms with Crippen molar-refractivity contribution in [2.45, 2.75) is 20.8 Å². The monoisotopic (exact) mass is 322 g/mol. The minimum atomic E-state index is -3.46. The van der Waals surface area contributed by atoms with E-state index in [-0.39, 0.29) is 0 Å². The van der Waals surface area contributed by atoms with E-state index in [1.165, 1.54) is 4.80 Å². The fourth-order valence-corrected chi connectivity index (χ4v) is 1.90. The van der Waals surface area contributed by atoms with E-state index in [0.717, 1.165) is 11.8 Å². The third-order valence-electron chi connectivity index (χ3n) is 2.62. The summed E-state index contributed by atoms with van der Waals surface area (Å²) in [5, 5.41) is 16.2. The normalized spacial score (nSPS) is 13.2. The summed E-state index contributed by atoms with van der Waals surface area (Å²) in [4.78, 5) is 3.34. The molecule has 0 atom stereocenters. The molecule has 0 aliphatic heterocycles. The Hall–Kier alpha value is -2.29. The van der Waals surface area contributed by atoms with E-state index < -0.39 is 15.4 Å². The smallest absolute Gasteiger partial charge is 0.206 e. The van der Waals surface area contributed by atoms with Gasteiger partial charge >= 0.3 is 0 Å². The summed E-state index contributed by atoms with van der Waals surface area (Å²) in [6, 6.07) is 9.38. The summed E-state index contributed by atoms with van der Waals surface area (Å²) in [6.07, 6.45) is 1.03. The van der Waals surface area contributed by atoms with Crippen molar-refractivity contribution in [3.05, 3.63) is 30.3 Å². The number of hydrogen-bond donors (Lipinski definition) is 1. The van der Waals surface area contributed by atoms with Crippen LogP contribution in [0.25, 0.3) is 11.4 Å². The van der Waals surface area contributed by atoms with Crippen LogP contribution in [-0.2, 0) is 10.0 Å². The summed E-state index contributed by atoms with van der Waals surface area (Å²) < 4.78 is 22.5. The highest BCUT2D eigenvalue weighted by atomic mass is 32.2. The quantitative estimate of drug-likeness (QED) is 0.518. The lowest BCUT2D eigenvalue weighted by atomic mass is 9.95. The predicted molar refractivity (Wildman–Crippen MR) is 83.5 cm³/mol. The maximum atomic E-state index is 11.2. The van der Waals surface area contributed by atoms with Crippen molar-refractivity contribution in [1.82, 2.24) is 25.0 Å². The first-order valence-corrected chi connectivity index (χ1v) is 8.47. The molecule has 0 spiro atoms. The number of aromatic nitrogens is 4. The Morgan fingerprint density at radius 1 is 1.23 bits per heavy atom. The van der Waals surface area contributed by atoms with E-state index in [9.17, 15) is 8.42 Å². The molecule has 2 aromatic rings. The fraction of sp³-hybridized carbons (Fsp3) is 0.385. The molecule has 1 aromatic heterocycles. The number of tetrazole rings is 1. The summed E-state index contributed by atoms with van der Waals surface area (Å²) in [7, 11) is -3.46. The van der Waals surface area contributed by atoms with Gasteiger partial charge in [-0.2, -0.15) is 0 Å². The zero-order valence-electron chi connectivity index (χ0n) is 12.8. The van der Waals surface area contributed by atoms with Gasteiger partial charge in [-0.1, -0.05) is 51.1 Å². The van der Waals surface area contributed by atoms with Crippen molar-refractivity contribution in [1.29, 1.82) is 0 Å². The van der Waals surface area contributed by atoms with Crippen molar-refractivity contribution in [2.24, 2.45) is 10.5 Å². The van der Waals surface area contributed by atoms with Crippen LogP contribution in [-0.4, -0.2) is 40.7 Å². The van der Waals surface area contributed by atoms with Crippen LogP contribution in [0.2, 0.25) is 0 Å². The van der Waals surface area contributed by atoms with E-state index in [1.54, 1.807) is 0 Å². The van der Waals surface area contributed by atoms with Gasteiger partial charge in [0.15, 0.2) is 5.84 Å². The highest BCUT2D eigenvalue weighted by Gasteiger charge is 2.24. The minimum Gasteiger partial charge on any atom is -0.206 e. The van der Waals surface area contributed by atoms with Gasteiger partial charge in [0.05, 0.1) is 6.26 Å². The van der Waals surface area contributed by atoms with Crippen molar-refractivity contribution in [3.8, 4) is 11.4 Å². The molecule has 9 heteroatoms. The predicted octanol–water partition coefficient (Wildman–Crippen LogP) is 1.10. The van der Waals surface area contributed by atoms with Crippen molar-refractivity contribution < 1.29 is 8.42 Å². The topological polar surface area (TPSA) is 102 Å². The number of hydrazone groups is 1. The molecule has 0 aliphatic carbocycles. The van der Waals surface area contributed by atoms with E-state index >= 15 is 0 Å². The molecule has 0 radical (unpaired) electrons. The third-order valence-corrected chi connectivity index (χ3v) is 3.05. The minimum absolute atomic E-state index is 0.340. The lowest BCUT2D eigenvalue weighted by molar-refractivity contribution is 0.534. The average Bonchev–Trinajstić information content (AvgIpc) is 2.86.